The SMILES string of the molecule is COCCNC(=O)c1cc(N2CCc3ccccc32)ccn1. The summed E-state index contributed by atoms with van der Waals surface area (Å²) in [5.41, 5.74) is 3.97. The van der Waals surface area contributed by atoms with E-state index in [1.54, 1.807) is 13.3 Å². The van der Waals surface area contributed by atoms with Crippen molar-refractivity contribution in [3.05, 3.63) is 53.9 Å². The van der Waals surface area contributed by atoms with Crippen LogP contribution in [0.5, 0.6) is 0 Å². The molecule has 0 saturated carbocycles. The van der Waals surface area contributed by atoms with Gasteiger partial charge in [-0.1, -0.05) is 18.2 Å². The van der Waals surface area contributed by atoms with Crippen molar-refractivity contribution in [3.63, 3.8) is 0 Å². The molecule has 5 nitrogen and oxygen atoms in total. The lowest BCUT2D eigenvalue weighted by Crippen LogP contribution is -2.28. The van der Waals surface area contributed by atoms with E-state index in [9.17, 15) is 4.79 Å². The van der Waals surface area contributed by atoms with Gasteiger partial charge in [0.05, 0.1) is 6.61 Å². The zero-order chi connectivity index (χ0) is 15.4. The molecule has 0 spiro atoms. The molecule has 1 aromatic carbocycles. The fraction of sp³-hybridized carbons (Fsp3) is 0.294. The van der Waals surface area contributed by atoms with Crippen LogP contribution in [-0.2, 0) is 11.2 Å². The summed E-state index contributed by atoms with van der Waals surface area (Å²) in [5.74, 6) is -0.175. The Kier molecular flexibility index (Phi) is 4.34. The molecule has 22 heavy (non-hydrogen) atoms. The molecule has 5 heteroatoms. The quantitative estimate of drug-likeness (QED) is 0.859. The lowest BCUT2D eigenvalue weighted by atomic mass is 10.2. The molecule has 0 aliphatic carbocycles. The van der Waals surface area contributed by atoms with Gasteiger partial charge in [-0.15, -0.1) is 0 Å². The predicted molar refractivity (Wildman–Crippen MR) is 85.6 cm³/mol. The number of nitrogens with zero attached hydrogens (tertiary/aromatic N) is 2. The van der Waals surface area contributed by atoms with Gasteiger partial charge in [0.25, 0.3) is 5.91 Å². The van der Waals surface area contributed by atoms with Crippen molar-refractivity contribution < 1.29 is 9.53 Å². The number of para-hydroxylation sites is 1. The number of rotatable bonds is 5. The molecule has 1 aliphatic heterocycles. The van der Waals surface area contributed by atoms with Crippen molar-refractivity contribution in [2.45, 2.75) is 6.42 Å². The van der Waals surface area contributed by atoms with E-state index in [2.05, 4.69) is 33.4 Å². The minimum atomic E-state index is -0.175. The molecule has 1 amide bonds. The average Bonchev–Trinajstić information content (AvgIpc) is 2.99. The Bertz CT molecular complexity index is 672. The van der Waals surface area contributed by atoms with Crippen molar-refractivity contribution in [1.82, 2.24) is 10.3 Å². The van der Waals surface area contributed by atoms with Gasteiger partial charge >= 0.3 is 0 Å². The molecular formula is C17H19N3O2. The third-order valence-electron chi connectivity index (χ3n) is 3.77. The number of methoxy groups -OCH3 is 1. The van der Waals surface area contributed by atoms with Crippen molar-refractivity contribution in [2.75, 3.05) is 31.7 Å². The molecule has 0 bridgehead atoms. The van der Waals surface area contributed by atoms with Crippen LogP contribution in [-0.4, -0.2) is 37.7 Å². The van der Waals surface area contributed by atoms with E-state index in [0.29, 0.717) is 18.8 Å². The van der Waals surface area contributed by atoms with Crippen molar-refractivity contribution in [2.24, 2.45) is 0 Å². The predicted octanol–water partition coefficient (Wildman–Crippen LogP) is 2.15. The monoisotopic (exact) mass is 297 g/mol. The molecule has 1 aliphatic rings. The fourth-order valence-corrected chi connectivity index (χ4v) is 2.68. The highest BCUT2D eigenvalue weighted by atomic mass is 16.5. The van der Waals surface area contributed by atoms with Gasteiger partial charge in [-0.25, -0.2) is 0 Å². The summed E-state index contributed by atoms with van der Waals surface area (Å²) in [6.07, 6.45) is 2.70. The van der Waals surface area contributed by atoms with E-state index in [1.165, 1.54) is 11.3 Å². The molecule has 1 aromatic heterocycles. The number of carbonyl (C=O) groups excluding carboxylic acids is 1. The first kappa shape index (κ1) is 14.5. The third kappa shape index (κ3) is 2.94. The van der Waals surface area contributed by atoms with Gasteiger partial charge in [-0.3, -0.25) is 9.78 Å². The second-order valence-corrected chi connectivity index (χ2v) is 5.18. The van der Waals surface area contributed by atoms with Crippen LogP contribution in [0.15, 0.2) is 42.6 Å². The molecule has 0 unspecified atom stereocenters. The summed E-state index contributed by atoms with van der Waals surface area (Å²) >= 11 is 0. The standard InChI is InChI=1S/C17H19N3O2/c1-22-11-9-19-17(21)15-12-14(6-8-18-15)20-10-7-13-4-2-3-5-16(13)20/h2-6,8,12H,7,9-11H2,1H3,(H,19,21). The molecule has 0 saturated heterocycles. The lowest BCUT2D eigenvalue weighted by molar-refractivity contribution is 0.0932. The average molecular weight is 297 g/mol. The molecule has 2 aromatic rings. The highest BCUT2D eigenvalue weighted by Gasteiger charge is 2.20. The maximum Gasteiger partial charge on any atom is 0.270 e. The highest BCUT2D eigenvalue weighted by molar-refractivity contribution is 5.93. The molecule has 114 valence electrons. The number of pyridine rings is 1. The number of hydrogen-bond donors (Lipinski definition) is 1. The fourth-order valence-electron chi connectivity index (χ4n) is 2.68. The molecular weight excluding hydrogens is 278 g/mol. The minimum Gasteiger partial charge on any atom is -0.383 e. The van der Waals surface area contributed by atoms with Crippen LogP contribution in [0.25, 0.3) is 0 Å². The van der Waals surface area contributed by atoms with Gasteiger partial charge in [0.15, 0.2) is 0 Å². The number of amides is 1. The lowest BCUT2D eigenvalue weighted by Gasteiger charge is -2.19. The van der Waals surface area contributed by atoms with Crippen LogP contribution in [0.4, 0.5) is 11.4 Å². The van der Waals surface area contributed by atoms with E-state index in [1.807, 2.05) is 18.2 Å². The maximum absolute atomic E-state index is 12.1. The smallest absolute Gasteiger partial charge is 0.270 e. The van der Waals surface area contributed by atoms with Gasteiger partial charge in [0, 0.05) is 37.8 Å². The molecule has 0 fully saturated rings. The van der Waals surface area contributed by atoms with Gasteiger partial charge in [-0.05, 0) is 30.2 Å². The number of ether oxygens (including phenoxy) is 1. The van der Waals surface area contributed by atoms with E-state index < -0.39 is 0 Å². The summed E-state index contributed by atoms with van der Waals surface area (Å²) in [6, 6.07) is 12.1. The summed E-state index contributed by atoms with van der Waals surface area (Å²) < 4.78 is 4.93. The zero-order valence-electron chi connectivity index (χ0n) is 12.6. The van der Waals surface area contributed by atoms with Crippen molar-refractivity contribution >= 4 is 17.3 Å². The first-order chi connectivity index (χ1) is 10.8. The first-order valence-corrected chi connectivity index (χ1v) is 7.38. The van der Waals surface area contributed by atoms with Crippen LogP contribution in [0, 0.1) is 0 Å². The number of anilines is 2. The van der Waals surface area contributed by atoms with Crippen LogP contribution < -0.4 is 10.2 Å². The van der Waals surface area contributed by atoms with E-state index in [-0.39, 0.29) is 5.91 Å². The van der Waals surface area contributed by atoms with Gasteiger partial charge in [-0.2, -0.15) is 0 Å². The van der Waals surface area contributed by atoms with Gasteiger partial charge in [0.1, 0.15) is 5.69 Å². The number of carbonyl (C=O) groups is 1. The molecule has 0 atom stereocenters. The normalized spacial score (nSPS) is 13.0. The topological polar surface area (TPSA) is 54.5 Å². The Morgan fingerprint density at radius 2 is 2.23 bits per heavy atom. The molecule has 1 N–H and O–H groups in total. The number of nitrogens with one attached hydrogen (secondary N) is 1. The van der Waals surface area contributed by atoms with Crippen molar-refractivity contribution in [1.29, 1.82) is 0 Å². The van der Waals surface area contributed by atoms with Crippen LogP contribution >= 0.6 is 0 Å². The van der Waals surface area contributed by atoms with Crippen LogP contribution in [0.3, 0.4) is 0 Å². The number of aromatic nitrogens is 1. The first-order valence-electron chi connectivity index (χ1n) is 7.38. The number of hydrogen-bond acceptors (Lipinski definition) is 4. The van der Waals surface area contributed by atoms with Crippen LogP contribution in [0.1, 0.15) is 16.1 Å². The third-order valence-corrected chi connectivity index (χ3v) is 3.77. The zero-order valence-corrected chi connectivity index (χ0v) is 12.6. The van der Waals surface area contributed by atoms with Crippen LogP contribution in [0.2, 0.25) is 0 Å². The van der Waals surface area contributed by atoms with Crippen molar-refractivity contribution in [3.8, 4) is 0 Å². The second kappa shape index (κ2) is 6.58. The Balaban J connectivity index is 1.79. The minimum absolute atomic E-state index is 0.175. The molecule has 3 rings (SSSR count). The molecule has 2 heterocycles. The Morgan fingerprint density at radius 1 is 1.36 bits per heavy atom. The molecule has 0 radical (unpaired) electrons. The van der Waals surface area contributed by atoms with E-state index in [4.69, 9.17) is 4.74 Å². The summed E-state index contributed by atoms with van der Waals surface area (Å²) in [6.45, 7) is 1.90. The second-order valence-electron chi connectivity index (χ2n) is 5.18. The Labute approximate surface area is 129 Å². The number of fused-ring (bicyclic) bond motifs is 1. The Morgan fingerprint density at radius 3 is 3.09 bits per heavy atom. The maximum atomic E-state index is 12.1. The summed E-state index contributed by atoms with van der Waals surface area (Å²) in [4.78, 5) is 18.5. The largest absolute Gasteiger partial charge is 0.383 e. The summed E-state index contributed by atoms with van der Waals surface area (Å²) in [7, 11) is 1.61. The Hall–Kier alpha value is -2.40. The van der Waals surface area contributed by atoms with Gasteiger partial charge < -0.3 is 15.0 Å². The van der Waals surface area contributed by atoms with Gasteiger partial charge in [0.2, 0.25) is 0 Å². The highest BCUT2D eigenvalue weighted by Crippen LogP contribution is 2.34. The van der Waals surface area contributed by atoms with E-state index in [0.717, 1.165) is 18.7 Å². The number of benzene rings is 1. The summed E-state index contributed by atoms with van der Waals surface area (Å²) in [5, 5.41) is 2.79. The van der Waals surface area contributed by atoms with E-state index >= 15 is 0 Å².